The molecule has 5 heteroatoms. The van der Waals surface area contributed by atoms with Gasteiger partial charge < -0.3 is 4.74 Å². The highest BCUT2D eigenvalue weighted by atomic mass is 16.5. The predicted molar refractivity (Wildman–Crippen MR) is 41.4 cm³/mol. The van der Waals surface area contributed by atoms with E-state index in [9.17, 15) is 9.59 Å². The van der Waals surface area contributed by atoms with E-state index in [2.05, 4.69) is 5.32 Å². The van der Waals surface area contributed by atoms with Gasteiger partial charge in [-0.3, -0.25) is 15.0 Å². The summed E-state index contributed by atoms with van der Waals surface area (Å²) in [5.41, 5.74) is 0. The molecule has 5 nitrogen and oxygen atoms in total. The molecule has 68 valence electrons. The van der Waals surface area contributed by atoms with Crippen LogP contribution >= 0.6 is 0 Å². The van der Waals surface area contributed by atoms with Crippen molar-refractivity contribution in [3.05, 3.63) is 0 Å². The number of hydrogen-bond acceptors (Lipinski definition) is 3. The van der Waals surface area contributed by atoms with Crippen molar-refractivity contribution in [2.24, 2.45) is 0 Å². The topological polar surface area (TPSA) is 58.6 Å². The molecule has 3 amide bonds. The minimum absolute atomic E-state index is 0.114. The molecule has 1 fully saturated rings. The summed E-state index contributed by atoms with van der Waals surface area (Å²) in [6.07, 6.45) is 0.906. The largest absolute Gasteiger partial charge is 0.361 e. The van der Waals surface area contributed by atoms with E-state index in [4.69, 9.17) is 4.74 Å². The van der Waals surface area contributed by atoms with Crippen LogP contribution in [0, 0.1) is 0 Å². The Bertz CT molecular complexity index is 193. The minimum Gasteiger partial charge on any atom is -0.361 e. The van der Waals surface area contributed by atoms with E-state index in [1.54, 1.807) is 0 Å². The van der Waals surface area contributed by atoms with Crippen LogP contribution in [-0.2, 0) is 9.53 Å². The first-order valence-corrected chi connectivity index (χ1v) is 3.90. The van der Waals surface area contributed by atoms with Crippen LogP contribution in [0.3, 0.4) is 0 Å². The maximum absolute atomic E-state index is 10.9. The van der Waals surface area contributed by atoms with Crippen LogP contribution in [0.2, 0.25) is 0 Å². The SMILES string of the molecule is CCCOCN1CC(=O)NC1=O. The molecule has 1 aliphatic heterocycles. The summed E-state index contributed by atoms with van der Waals surface area (Å²) in [7, 11) is 0. The zero-order chi connectivity index (χ0) is 8.97. The van der Waals surface area contributed by atoms with Gasteiger partial charge in [0.05, 0.1) is 0 Å². The number of ether oxygens (including phenoxy) is 1. The standard InChI is InChI=1S/C7H12N2O3/c1-2-3-12-5-9-4-6(10)8-7(9)11/h2-5H2,1H3,(H,8,10,11). The predicted octanol–water partition coefficient (Wildman–Crippen LogP) is -0.0777. The Hall–Kier alpha value is -1.10. The van der Waals surface area contributed by atoms with E-state index >= 15 is 0 Å². The molecule has 0 atom stereocenters. The Morgan fingerprint density at radius 3 is 2.83 bits per heavy atom. The second-order valence-corrected chi connectivity index (χ2v) is 2.59. The summed E-state index contributed by atoms with van der Waals surface area (Å²) >= 11 is 0. The smallest absolute Gasteiger partial charge is 0.326 e. The fraction of sp³-hybridized carbons (Fsp3) is 0.714. The second kappa shape index (κ2) is 4.06. The molecule has 0 unspecified atom stereocenters. The second-order valence-electron chi connectivity index (χ2n) is 2.59. The van der Waals surface area contributed by atoms with Gasteiger partial charge in [-0.25, -0.2) is 4.79 Å². The molecule has 0 aromatic heterocycles. The first-order chi connectivity index (χ1) is 5.74. The summed E-state index contributed by atoms with van der Waals surface area (Å²) in [5.74, 6) is -0.264. The highest BCUT2D eigenvalue weighted by Crippen LogP contribution is 1.97. The number of carbonyl (C=O) groups excluding carboxylic acids is 2. The van der Waals surface area contributed by atoms with Crippen molar-refractivity contribution in [2.45, 2.75) is 13.3 Å². The highest BCUT2D eigenvalue weighted by molar-refractivity contribution is 6.01. The summed E-state index contributed by atoms with van der Waals surface area (Å²) in [4.78, 5) is 22.9. The third-order valence-corrected chi connectivity index (χ3v) is 1.46. The monoisotopic (exact) mass is 172 g/mol. The first-order valence-electron chi connectivity index (χ1n) is 3.90. The number of nitrogens with one attached hydrogen (secondary N) is 1. The van der Waals surface area contributed by atoms with Gasteiger partial charge in [0.25, 0.3) is 0 Å². The zero-order valence-corrected chi connectivity index (χ0v) is 7.00. The van der Waals surface area contributed by atoms with Crippen molar-refractivity contribution in [1.29, 1.82) is 0 Å². The Labute approximate surface area is 70.7 Å². The number of imide groups is 1. The normalized spacial score (nSPS) is 16.9. The van der Waals surface area contributed by atoms with Crippen LogP contribution in [0.5, 0.6) is 0 Å². The zero-order valence-electron chi connectivity index (χ0n) is 7.00. The van der Waals surface area contributed by atoms with Crippen molar-refractivity contribution in [3.63, 3.8) is 0 Å². The lowest BCUT2D eigenvalue weighted by Gasteiger charge is -2.12. The third-order valence-electron chi connectivity index (χ3n) is 1.46. The van der Waals surface area contributed by atoms with Gasteiger partial charge in [-0.2, -0.15) is 0 Å². The van der Waals surface area contributed by atoms with Crippen LogP contribution in [0.25, 0.3) is 0 Å². The molecular weight excluding hydrogens is 160 g/mol. The fourth-order valence-corrected chi connectivity index (χ4v) is 0.906. The lowest BCUT2D eigenvalue weighted by Crippen LogP contribution is -2.30. The van der Waals surface area contributed by atoms with Gasteiger partial charge in [0.15, 0.2) is 0 Å². The van der Waals surface area contributed by atoms with Gasteiger partial charge in [0.1, 0.15) is 13.3 Å². The van der Waals surface area contributed by atoms with Crippen LogP contribution < -0.4 is 5.32 Å². The molecule has 1 heterocycles. The van der Waals surface area contributed by atoms with Crippen LogP contribution in [0.1, 0.15) is 13.3 Å². The van der Waals surface area contributed by atoms with Crippen LogP contribution in [0.4, 0.5) is 4.79 Å². The fourth-order valence-electron chi connectivity index (χ4n) is 0.906. The third kappa shape index (κ3) is 2.20. The van der Waals surface area contributed by atoms with E-state index in [0.29, 0.717) is 6.61 Å². The molecule has 0 radical (unpaired) electrons. The molecule has 0 spiro atoms. The molecule has 0 aromatic carbocycles. The number of amides is 3. The lowest BCUT2D eigenvalue weighted by molar-refractivity contribution is -0.118. The Balaban J connectivity index is 2.24. The molecule has 1 saturated heterocycles. The van der Waals surface area contributed by atoms with Crippen molar-refractivity contribution >= 4 is 11.9 Å². The van der Waals surface area contributed by atoms with E-state index in [1.807, 2.05) is 6.92 Å². The first kappa shape index (κ1) is 8.99. The molecule has 1 rings (SSSR count). The van der Waals surface area contributed by atoms with Gasteiger partial charge in [0.2, 0.25) is 5.91 Å². The van der Waals surface area contributed by atoms with Gasteiger partial charge in [0, 0.05) is 6.61 Å². The molecule has 1 N–H and O–H groups in total. The minimum atomic E-state index is -0.365. The summed E-state index contributed by atoms with van der Waals surface area (Å²) in [5, 5.41) is 2.16. The quantitative estimate of drug-likeness (QED) is 0.476. The lowest BCUT2D eigenvalue weighted by atomic mass is 10.5. The van der Waals surface area contributed by atoms with Gasteiger partial charge in [-0.15, -0.1) is 0 Å². The average Bonchev–Trinajstić information content (AvgIpc) is 2.31. The van der Waals surface area contributed by atoms with Crippen molar-refractivity contribution in [2.75, 3.05) is 19.9 Å². The van der Waals surface area contributed by atoms with E-state index in [0.717, 1.165) is 6.42 Å². The molecule has 0 bridgehead atoms. The van der Waals surface area contributed by atoms with Gasteiger partial charge >= 0.3 is 6.03 Å². The van der Waals surface area contributed by atoms with Crippen LogP contribution in [-0.4, -0.2) is 36.7 Å². The number of nitrogens with zero attached hydrogens (tertiary/aromatic N) is 1. The summed E-state index contributed by atoms with van der Waals surface area (Å²) < 4.78 is 5.10. The molecule has 1 aliphatic rings. The van der Waals surface area contributed by atoms with E-state index in [1.165, 1.54) is 4.90 Å². The molecule has 12 heavy (non-hydrogen) atoms. The molecule has 0 aromatic rings. The number of hydrogen-bond donors (Lipinski definition) is 1. The Kier molecular flexibility index (Phi) is 3.04. The summed E-state index contributed by atoms with van der Waals surface area (Å²) in [6, 6.07) is -0.365. The summed E-state index contributed by atoms with van der Waals surface area (Å²) in [6.45, 7) is 2.90. The molecular formula is C7H12N2O3. The number of rotatable bonds is 4. The maximum atomic E-state index is 10.9. The molecule has 0 aliphatic carbocycles. The van der Waals surface area contributed by atoms with Crippen molar-refractivity contribution < 1.29 is 14.3 Å². The molecule has 0 saturated carbocycles. The van der Waals surface area contributed by atoms with Gasteiger partial charge in [-0.05, 0) is 6.42 Å². The van der Waals surface area contributed by atoms with Crippen LogP contribution in [0.15, 0.2) is 0 Å². The highest BCUT2D eigenvalue weighted by Gasteiger charge is 2.25. The Morgan fingerprint density at radius 1 is 1.58 bits per heavy atom. The van der Waals surface area contributed by atoms with Crippen molar-refractivity contribution in [3.8, 4) is 0 Å². The number of carbonyl (C=O) groups is 2. The Morgan fingerprint density at radius 2 is 2.33 bits per heavy atom. The number of urea groups is 1. The van der Waals surface area contributed by atoms with E-state index < -0.39 is 0 Å². The van der Waals surface area contributed by atoms with Gasteiger partial charge in [-0.1, -0.05) is 6.92 Å². The van der Waals surface area contributed by atoms with E-state index in [-0.39, 0.29) is 25.2 Å². The average molecular weight is 172 g/mol. The maximum Gasteiger partial charge on any atom is 0.326 e. The van der Waals surface area contributed by atoms with Crippen molar-refractivity contribution in [1.82, 2.24) is 10.2 Å².